The minimum atomic E-state index is -0.312. The van der Waals surface area contributed by atoms with Crippen LogP contribution in [-0.2, 0) is 0 Å². The van der Waals surface area contributed by atoms with Crippen LogP contribution in [0.5, 0.6) is 11.5 Å². The van der Waals surface area contributed by atoms with Gasteiger partial charge in [-0.25, -0.2) is 0 Å². The number of hydrogen-bond donors (Lipinski definition) is 3. The number of hydrogen-bond acceptors (Lipinski definition) is 4. The molecule has 7 heteroatoms. The Bertz CT molecular complexity index is 572. The van der Waals surface area contributed by atoms with E-state index in [2.05, 4.69) is 23.1 Å². The maximum atomic E-state index is 12.3. The van der Waals surface area contributed by atoms with Crippen molar-refractivity contribution in [3.63, 3.8) is 0 Å². The quantitative estimate of drug-likeness (QED) is 0.571. The van der Waals surface area contributed by atoms with Crippen LogP contribution in [0, 0.1) is 5.92 Å². The zero-order valence-electron chi connectivity index (χ0n) is 14.3. The second kappa shape index (κ2) is 8.73. The summed E-state index contributed by atoms with van der Waals surface area (Å²) in [6.45, 7) is 2.22. The predicted octanol–water partition coefficient (Wildman–Crippen LogP) is 2.39. The lowest BCUT2D eigenvalue weighted by atomic mass is 9.86. The fourth-order valence-electron chi connectivity index (χ4n) is 2.86. The van der Waals surface area contributed by atoms with E-state index in [1.807, 2.05) is 0 Å². The monoisotopic (exact) mass is 351 g/mol. The highest BCUT2D eigenvalue weighted by Gasteiger charge is 2.21. The summed E-state index contributed by atoms with van der Waals surface area (Å²) in [6.07, 6.45) is 4.79. The Labute approximate surface area is 148 Å². The molecule has 2 atom stereocenters. The van der Waals surface area contributed by atoms with Crippen molar-refractivity contribution in [1.29, 1.82) is 0 Å². The molecule has 1 fully saturated rings. The first-order valence-corrected chi connectivity index (χ1v) is 8.54. The molecular formula is C17H25N3O3S. The van der Waals surface area contributed by atoms with Crippen LogP contribution < -0.4 is 25.6 Å². The van der Waals surface area contributed by atoms with Crippen molar-refractivity contribution in [3.8, 4) is 11.5 Å². The molecule has 1 aliphatic carbocycles. The number of methoxy groups -OCH3 is 2. The van der Waals surface area contributed by atoms with E-state index in [9.17, 15) is 4.79 Å². The number of benzene rings is 1. The molecule has 0 aromatic heterocycles. The van der Waals surface area contributed by atoms with Crippen LogP contribution in [0.2, 0.25) is 0 Å². The maximum Gasteiger partial charge on any atom is 0.269 e. The fraction of sp³-hybridized carbons (Fsp3) is 0.529. The summed E-state index contributed by atoms with van der Waals surface area (Å²) in [4.78, 5) is 12.3. The molecule has 1 saturated carbocycles. The Balaban J connectivity index is 1.89. The normalized spacial score (nSPS) is 20.0. The summed E-state index contributed by atoms with van der Waals surface area (Å²) < 4.78 is 10.3. The van der Waals surface area contributed by atoms with Gasteiger partial charge in [0.05, 0.1) is 14.2 Å². The highest BCUT2D eigenvalue weighted by atomic mass is 32.1. The number of nitrogens with one attached hydrogen (secondary N) is 3. The Morgan fingerprint density at radius 2 is 1.71 bits per heavy atom. The number of carbonyl (C=O) groups is 1. The van der Waals surface area contributed by atoms with E-state index < -0.39 is 0 Å². The van der Waals surface area contributed by atoms with Gasteiger partial charge >= 0.3 is 0 Å². The lowest BCUT2D eigenvalue weighted by molar-refractivity contribution is 0.0942. The lowest BCUT2D eigenvalue weighted by Gasteiger charge is -2.30. The van der Waals surface area contributed by atoms with E-state index >= 15 is 0 Å². The Kier molecular flexibility index (Phi) is 6.66. The lowest BCUT2D eigenvalue weighted by Crippen LogP contribution is -2.51. The van der Waals surface area contributed by atoms with Crippen LogP contribution in [0.3, 0.4) is 0 Å². The van der Waals surface area contributed by atoms with Crippen molar-refractivity contribution in [2.45, 2.75) is 38.6 Å². The van der Waals surface area contributed by atoms with Crippen LogP contribution in [0.1, 0.15) is 43.0 Å². The fourth-order valence-corrected chi connectivity index (χ4v) is 3.06. The summed E-state index contributed by atoms with van der Waals surface area (Å²) in [7, 11) is 3.08. The summed E-state index contributed by atoms with van der Waals surface area (Å²) in [6, 6.07) is 5.34. The largest absolute Gasteiger partial charge is 0.497 e. The molecule has 0 spiro atoms. The molecule has 0 saturated heterocycles. The van der Waals surface area contributed by atoms with Crippen LogP contribution in [0.4, 0.5) is 0 Å². The second-order valence-electron chi connectivity index (χ2n) is 6.02. The van der Waals surface area contributed by atoms with Crippen molar-refractivity contribution < 1.29 is 14.3 Å². The molecule has 1 aromatic carbocycles. The zero-order valence-corrected chi connectivity index (χ0v) is 15.2. The van der Waals surface area contributed by atoms with Crippen molar-refractivity contribution in [1.82, 2.24) is 16.2 Å². The molecule has 0 bridgehead atoms. The van der Waals surface area contributed by atoms with Crippen molar-refractivity contribution in [2.24, 2.45) is 5.92 Å². The van der Waals surface area contributed by atoms with E-state index in [0.29, 0.717) is 34.1 Å². The van der Waals surface area contributed by atoms with Gasteiger partial charge in [0, 0.05) is 17.7 Å². The van der Waals surface area contributed by atoms with Gasteiger partial charge in [0.1, 0.15) is 11.5 Å². The molecule has 0 radical (unpaired) electrons. The molecule has 24 heavy (non-hydrogen) atoms. The van der Waals surface area contributed by atoms with Gasteiger partial charge in [-0.3, -0.25) is 15.6 Å². The number of rotatable bonds is 4. The minimum Gasteiger partial charge on any atom is -0.497 e. The van der Waals surface area contributed by atoms with Crippen LogP contribution in [-0.4, -0.2) is 31.3 Å². The first-order valence-electron chi connectivity index (χ1n) is 8.13. The Morgan fingerprint density at radius 3 is 2.29 bits per heavy atom. The summed E-state index contributed by atoms with van der Waals surface area (Å²) in [5.74, 6) is 1.37. The SMILES string of the molecule is COc1cc(OC)cc(C(=O)NNC(=S)N[C@H]2CCCC[C@H]2C)c1. The molecule has 3 N–H and O–H groups in total. The van der Waals surface area contributed by atoms with Gasteiger partial charge in [-0.2, -0.15) is 0 Å². The topological polar surface area (TPSA) is 71.6 Å². The van der Waals surface area contributed by atoms with Crippen molar-refractivity contribution in [2.75, 3.05) is 14.2 Å². The standard InChI is InChI=1S/C17H25N3O3S/c1-11-6-4-5-7-15(11)18-17(24)20-19-16(21)12-8-13(22-2)10-14(9-12)23-3/h8-11,15H,4-7H2,1-3H3,(H,19,21)(H2,18,20,24)/t11-,15+/m1/s1. The maximum absolute atomic E-state index is 12.3. The molecule has 1 aromatic rings. The summed E-state index contributed by atoms with van der Waals surface area (Å²) in [5.41, 5.74) is 5.79. The molecule has 6 nitrogen and oxygen atoms in total. The smallest absolute Gasteiger partial charge is 0.269 e. The third-order valence-corrected chi connectivity index (χ3v) is 4.55. The number of thiocarbonyl (C=S) groups is 1. The van der Waals surface area contributed by atoms with E-state index in [-0.39, 0.29) is 5.91 Å². The van der Waals surface area contributed by atoms with Gasteiger partial charge in [0.25, 0.3) is 5.91 Å². The van der Waals surface area contributed by atoms with Gasteiger partial charge < -0.3 is 14.8 Å². The van der Waals surface area contributed by atoms with Gasteiger partial charge in [-0.1, -0.05) is 19.8 Å². The third-order valence-electron chi connectivity index (χ3n) is 4.33. The summed E-state index contributed by atoms with van der Waals surface area (Å²) in [5, 5.41) is 3.70. The van der Waals surface area contributed by atoms with Crippen molar-refractivity contribution >= 4 is 23.2 Å². The van der Waals surface area contributed by atoms with E-state index in [1.165, 1.54) is 19.3 Å². The number of hydrazine groups is 1. The van der Waals surface area contributed by atoms with Crippen molar-refractivity contribution in [3.05, 3.63) is 23.8 Å². The van der Waals surface area contributed by atoms with Gasteiger partial charge in [-0.05, 0) is 43.1 Å². The highest BCUT2D eigenvalue weighted by molar-refractivity contribution is 7.80. The molecule has 0 aliphatic heterocycles. The molecular weight excluding hydrogens is 326 g/mol. The molecule has 132 valence electrons. The average molecular weight is 351 g/mol. The zero-order chi connectivity index (χ0) is 17.5. The molecule has 1 amide bonds. The van der Waals surface area contributed by atoms with E-state index in [0.717, 1.165) is 6.42 Å². The van der Waals surface area contributed by atoms with Gasteiger partial charge in [0.15, 0.2) is 5.11 Å². The van der Waals surface area contributed by atoms with Gasteiger partial charge in [0.2, 0.25) is 0 Å². The second-order valence-corrected chi connectivity index (χ2v) is 6.43. The van der Waals surface area contributed by atoms with Crippen LogP contribution in [0.25, 0.3) is 0 Å². The molecule has 2 rings (SSSR count). The molecule has 0 heterocycles. The average Bonchev–Trinajstić information content (AvgIpc) is 2.61. The first-order chi connectivity index (χ1) is 11.5. The summed E-state index contributed by atoms with van der Waals surface area (Å²) >= 11 is 5.27. The molecule has 1 aliphatic rings. The third kappa shape index (κ3) is 4.99. The minimum absolute atomic E-state index is 0.312. The van der Waals surface area contributed by atoms with Gasteiger partial charge in [-0.15, -0.1) is 0 Å². The van der Waals surface area contributed by atoms with E-state index in [1.54, 1.807) is 32.4 Å². The predicted molar refractivity (Wildman–Crippen MR) is 97.3 cm³/mol. The number of amides is 1. The highest BCUT2D eigenvalue weighted by Crippen LogP contribution is 2.24. The number of carbonyl (C=O) groups excluding carboxylic acids is 1. The number of ether oxygens (including phenoxy) is 2. The van der Waals surface area contributed by atoms with E-state index in [4.69, 9.17) is 21.7 Å². The first kappa shape index (κ1) is 18.3. The Morgan fingerprint density at radius 1 is 1.08 bits per heavy atom. The Hall–Kier alpha value is -2.02. The van der Waals surface area contributed by atoms with Crippen LogP contribution in [0.15, 0.2) is 18.2 Å². The molecule has 0 unspecified atom stereocenters. The van der Waals surface area contributed by atoms with Crippen LogP contribution >= 0.6 is 12.2 Å².